The van der Waals surface area contributed by atoms with Crippen molar-refractivity contribution in [1.82, 2.24) is 10.2 Å². The maximum absolute atomic E-state index is 11.4. The molecule has 1 N–H and O–H groups in total. The predicted octanol–water partition coefficient (Wildman–Crippen LogP) is 0.384. The van der Waals surface area contributed by atoms with Crippen LogP contribution in [0, 0.1) is 0 Å². The predicted molar refractivity (Wildman–Crippen MR) is 55.0 cm³/mol. The normalized spacial score (nSPS) is 10.3. The van der Waals surface area contributed by atoms with Crippen molar-refractivity contribution in [3.8, 4) is 0 Å². The van der Waals surface area contributed by atoms with E-state index in [1.165, 1.54) is 12.1 Å². The average Bonchev–Trinajstić information content (AvgIpc) is 2.65. The lowest BCUT2D eigenvalue weighted by Crippen LogP contribution is -2.31. The van der Waals surface area contributed by atoms with Crippen LogP contribution >= 0.6 is 0 Å². The number of aldehydes is 1. The molecule has 0 aromatic carbocycles. The molecule has 0 saturated heterocycles. The molecule has 0 fully saturated rings. The molecule has 82 valence electrons. The monoisotopic (exact) mass is 210 g/mol. The Kier molecular flexibility index (Phi) is 4.05. The first kappa shape index (κ1) is 11.5. The molecule has 15 heavy (non-hydrogen) atoms. The van der Waals surface area contributed by atoms with Gasteiger partial charge in [-0.1, -0.05) is 0 Å². The molecule has 1 amide bonds. The fraction of sp³-hybridized carbons (Fsp3) is 0.400. The number of nitrogens with one attached hydrogen (secondary N) is 1. The molecule has 5 nitrogen and oxygen atoms in total. The Morgan fingerprint density at radius 2 is 2.27 bits per heavy atom. The van der Waals surface area contributed by atoms with Crippen LogP contribution in [0.5, 0.6) is 0 Å². The first-order chi connectivity index (χ1) is 7.13. The van der Waals surface area contributed by atoms with Crippen LogP contribution in [0.1, 0.15) is 21.1 Å². The van der Waals surface area contributed by atoms with E-state index in [0.717, 1.165) is 6.54 Å². The quantitative estimate of drug-likeness (QED) is 0.714. The minimum Gasteiger partial charge on any atom is -0.448 e. The van der Waals surface area contributed by atoms with E-state index in [2.05, 4.69) is 5.32 Å². The molecule has 0 spiro atoms. The summed E-state index contributed by atoms with van der Waals surface area (Å²) in [7, 11) is 3.84. The molecule has 1 aromatic rings. The van der Waals surface area contributed by atoms with Gasteiger partial charge in [0.2, 0.25) is 0 Å². The minimum absolute atomic E-state index is 0.160. The Bertz CT molecular complexity index is 344. The minimum atomic E-state index is -0.301. The summed E-state index contributed by atoms with van der Waals surface area (Å²) in [5.74, 6) is 0.0218. The van der Waals surface area contributed by atoms with Gasteiger partial charge >= 0.3 is 0 Å². The van der Waals surface area contributed by atoms with Crippen molar-refractivity contribution in [3.63, 3.8) is 0 Å². The highest BCUT2D eigenvalue weighted by Crippen LogP contribution is 2.04. The van der Waals surface area contributed by atoms with Crippen molar-refractivity contribution >= 4 is 12.2 Å². The Morgan fingerprint density at radius 1 is 1.53 bits per heavy atom. The summed E-state index contributed by atoms with van der Waals surface area (Å²) < 4.78 is 4.96. The second-order valence-corrected chi connectivity index (χ2v) is 3.38. The van der Waals surface area contributed by atoms with Gasteiger partial charge in [0.15, 0.2) is 17.8 Å². The largest absolute Gasteiger partial charge is 0.448 e. The third kappa shape index (κ3) is 3.55. The number of carbonyl (C=O) groups excluding carboxylic acids is 2. The van der Waals surface area contributed by atoms with Crippen molar-refractivity contribution in [2.75, 3.05) is 27.2 Å². The third-order valence-electron chi connectivity index (χ3n) is 1.81. The zero-order valence-electron chi connectivity index (χ0n) is 8.82. The summed E-state index contributed by atoms with van der Waals surface area (Å²) in [6.07, 6.45) is 0.566. The smallest absolute Gasteiger partial charge is 0.287 e. The SMILES string of the molecule is CN(C)CCNC(=O)c1ccc(C=O)o1. The molecule has 0 aliphatic rings. The van der Waals surface area contributed by atoms with Gasteiger partial charge in [0.1, 0.15) is 0 Å². The molecule has 1 heterocycles. The van der Waals surface area contributed by atoms with Gasteiger partial charge in [0, 0.05) is 13.1 Å². The van der Waals surface area contributed by atoms with Gasteiger partial charge in [-0.3, -0.25) is 9.59 Å². The van der Waals surface area contributed by atoms with Gasteiger partial charge in [0.05, 0.1) is 0 Å². The van der Waals surface area contributed by atoms with Gasteiger partial charge in [-0.05, 0) is 26.2 Å². The summed E-state index contributed by atoms with van der Waals surface area (Å²) >= 11 is 0. The third-order valence-corrected chi connectivity index (χ3v) is 1.81. The molecule has 0 aliphatic heterocycles. The van der Waals surface area contributed by atoms with Crippen molar-refractivity contribution in [1.29, 1.82) is 0 Å². The standard InChI is InChI=1S/C10H14N2O3/c1-12(2)6-5-11-10(14)9-4-3-8(7-13)15-9/h3-4,7H,5-6H2,1-2H3,(H,11,14). The van der Waals surface area contributed by atoms with Gasteiger partial charge in [-0.2, -0.15) is 0 Å². The van der Waals surface area contributed by atoms with E-state index in [1.54, 1.807) is 0 Å². The Labute approximate surface area is 88.0 Å². The lowest BCUT2D eigenvalue weighted by molar-refractivity contribution is 0.0920. The maximum atomic E-state index is 11.4. The summed E-state index contributed by atoms with van der Waals surface area (Å²) in [5.41, 5.74) is 0. The van der Waals surface area contributed by atoms with Crippen LogP contribution in [0.2, 0.25) is 0 Å². The summed E-state index contributed by atoms with van der Waals surface area (Å²) in [6, 6.07) is 2.95. The molecule has 0 unspecified atom stereocenters. The molecule has 0 saturated carbocycles. The fourth-order valence-electron chi connectivity index (χ4n) is 1.02. The van der Waals surface area contributed by atoms with Crippen LogP contribution in [-0.4, -0.2) is 44.3 Å². The Hall–Kier alpha value is -1.62. The lowest BCUT2D eigenvalue weighted by Gasteiger charge is -2.09. The number of carbonyl (C=O) groups is 2. The number of hydrogen-bond donors (Lipinski definition) is 1. The summed E-state index contributed by atoms with van der Waals surface area (Å²) in [6.45, 7) is 1.30. The zero-order valence-corrected chi connectivity index (χ0v) is 8.82. The Morgan fingerprint density at radius 3 is 2.80 bits per heavy atom. The number of nitrogens with zero attached hydrogens (tertiary/aromatic N) is 1. The highest BCUT2D eigenvalue weighted by atomic mass is 16.4. The van der Waals surface area contributed by atoms with Crippen molar-refractivity contribution in [3.05, 3.63) is 23.7 Å². The summed E-state index contributed by atoms with van der Waals surface area (Å²) in [4.78, 5) is 23.7. The highest BCUT2D eigenvalue weighted by Gasteiger charge is 2.09. The zero-order chi connectivity index (χ0) is 11.3. The first-order valence-electron chi connectivity index (χ1n) is 4.61. The molecule has 1 aromatic heterocycles. The van der Waals surface area contributed by atoms with Gasteiger partial charge < -0.3 is 14.6 Å². The molecule has 0 aliphatic carbocycles. The number of amides is 1. The van der Waals surface area contributed by atoms with Crippen LogP contribution in [-0.2, 0) is 0 Å². The topological polar surface area (TPSA) is 62.6 Å². The maximum Gasteiger partial charge on any atom is 0.287 e. The van der Waals surface area contributed by atoms with Gasteiger partial charge in [-0.15, -0.1) is 0 Å². The van der Waals surface area contributed by atoms with Crippen molar-refractivity contribution < 1.29 is 14.0 Å². The van der Waals surface area contributed by atoms with E-state index < -0.39 is 0 Å². The van der Waals surface area contributed by atoms with Crippen molar-refractivity contribution in [2.24, 2.45) is 0 Å². The molecule has 0 radical (unpaired) electrons. The molecule has 1 rings (SSSR count). The molecular formula is C10H14N2O3. The Balaban J connectivity index is 2.43. The van der Waals surface area contributed by atoms with E-state index in [0.29, 0.717) is 12.8 Å². The fourth-order valence-corrected chi connectivity index (χ4v) is 1.02. The second-order valence-electron chi connectivity index (χ2n) is 3.38. The number of rotatable bonds is 5. The van der Waals surface area contributed by atoms with Crippen LogP contribution in [0.4, 0.5) is 0 Å². The van der Waals surface area contributed by atoms with E-state index >= 15 is 0 Å². The molecule has 5 heteroatoms. The number of likely N-dealkylation sites (N-methyl/N-ethyl adjacent to an activating group) is 1. The highest BCUT2D eigenvalue weighted by molar-refractivity contribution is 5.92. The van der Waals surface area contributed by atoms with E-state index in [9.17, 15) is 9.59 Å². The van der Waals surface area contributed by atoms with E-state index in [1.807, 2.05) is 19.0 Å². The van der Waals surface area contributed by atoms with Crippen molar-refractivity contribution in [2.45, 2.75) is 0 Å². The van der Waals surface area contributed by atoms with Crippen LogP contribution in [0.3, 0.4) is 0 Å². The van der Waals surface area contributed by atoms with E-state index in [4.69, 9.17) is 4.42 Å². The first-order valence-corrected chi connectivity index (χ1v) is 4.61. The lowest BCUT2D eigenvalue weighted by atomic mass is 10.4. The molecule has 0 bridgehead atoms. The van der Waals surface area contributed by atoms with Gasteiger partial charge in [-0.25, -0.2) is 0 Å². The number of hydrogen-bond acceptors (Lipinski definition) is 4. The molecule has 0 atom stereocenters. The van der Waals surface area contributed by atoms with Crippen LogP contribution in [0.15, 0.2) is 16.5 Å². The summed E-state index contributed by atoms with van der Waals surface area (Å²) in [5, 5.41) is 2.68. The number of furan rings is 1. The van der Waals surface area contributed by atoms with Gasteiger partial charge in [0.25, 0.3) is 5.91 Å². The second kappa shape index (κ2) is 5.31. The van der Waals surface area contributed by atoms with E-state index in [-0.39, 0.29) is 17.4 Å². The average molecular weight is 210 g/mol. The molecular weight excluding hydrogens is 196 g/mol. The van der Waals surface area contributed by atoms with Crippen LogP contribution < -0.4 is 5.32 Å². The van der Waals surface area contributed by atoms with Crippen LogP contribution in [0.25, 0.3) is 0 Å².